The second-order valence-corrected chi connectivity index (χ2v) is 7.85. The molecule has 0 spiro atoms. The van der Waals surface area contributed by atoms with Gasteiger partial charge in [0.15, 0.2) is 5.76 Å². The minimum atomic E-state index is 0.126. The largest absolute Gasteiger partial charge is 0.507 e. The number of thiazole rings is 1. The van der Waals surface area contributed by atoms with E-state index in [1.807, 2.05) is 30.5 Å². The number of nitrogens with zero attached hydrogens (tertiary/aromatic N) is 3. The van der Waals surface area contributed by atoms with Crippen molar-refractivity contribution in [2.24, 2.45) is 10.1 Å². The monoisotopic (exact) mass is 411 g/mol. The van der Waals surface area contributed by atoms with Crippen molar-refractivity contribution in [1.29, 1.82) is 0 Å². The lowest BCUT2D eigenvalue weighted by Gasteiger charge is -2.16. The van der Waals surface area contributed by atoms with Crippen LogP contribution in [0.5, 0.6) is 11.5 Å². The highest BCUT2D eigenvalue weighted by Crippen LogP contribution is 2.24. The molecule has 1 aliphatic carbocycles. The van der Waals surface area contributed by atoms with Gasteiger partial charge in [-0.2, -0.15) is 5.10 Å². The minimum Gasteiger partial charge on any atom is -0.507 e. The van der Waals surface area contributed by atoms with Crippen LogP contribution in [0.25, 0.3) is 11.5 Å². The molecule has 0 aliphatic heterocycles. The van der Waals surface area contributed by atoms with Crippen molar-refractivity contribution in [2.75, 3.05) is 6.61 Å². The zero-order valence-electron chi connectivity index (χ0n) is 16.5. The third-order valence-electron chi connectivity index (χ3n) is 4.95. The van der Waals surface area contributed by atoms with Crippen LogP contribution in [0, 0.1) is 0 Å². The first-order chi connectivity index (χ1) is 14.2. The summed E-state index contributed by atoms with van der Waals surface area (Å²) in [7, 11) is 0. The molecule has 0 saturated heterocycles. The van der Waals surface area contributed by atoms with E-state index in [1.165, 1.54) is 19.3 Å². The fraction of sp³-hybridized carbons (Fsp3) is 0.364. The first-order valence-corrected chi connectivity index (χ1v) is 10.9. The molecule has 4 rings (SSSR count). The van der Waals surface area contributed by atoms with Crippen LogP contribution in [-0.2, 0) is 0 Å². The topological polar surface area (TPSA) is 72.2 Å². The summed E-state index contributed by atoms with van der Waals surface area (Å²) in [5.74, 6) is 1.50. The first kappa shape index (κ1) is 19.5. The molecule has 29 heavy (non-hydrogen) atoms. The van der Waals surface area contributed by atoms with Gasteiger partial charge in [-0.1, -0.05) is 19.3 Å². The van der Waals surface area contributed by atoms with Gasteiger partial charge in [0.05, 0.1) is 25.1 Å². The molecule has 1 fully saturated rings. The maximum atomic E-state index is 10.3. The smallest absolute Gasteiger partial charge is 0.206 e. The second-order valence-electron chi connectivity index (χ2n) is 7.01. The molecule has 0 bridgehead atoms. The maximum Gasteiger partial charge on any atom is 0.206 e. The van der Waals surface area contributed by atoms with Crippen molar-refractivity contribution in [1.82, 2.24) is 4.68 Å². The molecule has 0 amide bonds. The van der Waals surface area contributed by atoms with E-state index in [2.05, 4.69) is 5.10 Å². The van der Waals surface area contributed by atoms with Crippen LogP contribution in [-0.4, -0.2) is 28.6 Å². The molecule has 1 aromatic carbocycles. The summed E-state index contributed by atoms with van der Waals surface area (Å²) in [4.78, 5) is 5.80. The van der Waals surface area contributed by atoms with E-state index in [4.69, 9.17) is 14.1 Å². The Balaban J connectivity index is 1.70. The van der Waals surface area contributed by atoms with Gasteiger partial charge in [-0.05, 0) is 44.0 Å². The average molecular weight is 412 g/mol. The van der Waals surface area contributed by atoms with Crippen molar-refractivity contribution < 1.29 is 14.3 Å². The molecule has 0 unspecified atom stereocenters. The summed E-state index contributed by atoms with van der Waals surface area (Å²) in [6.45, 7) is 2.46. The molecule has 1 N–H and O–H groups in total. The van der Waals surface area contributed by atoms with Gasteiger partial charge in [-0.3, -0.25) is 4.99 Å². The zero-order valence-corrected chi connectivity index (χ0v) is 17.3. The molecular formula is C22H25N3O3S. The number of rotatable bonds is 6. The van der Waals surface area contributed by atoms with E-state index in [0.717, 1.165) is 29.1 Å². The molecule has 2 heterocycles. The Morgan fingerprint density at radius 2 is 2.14 bits per heavy atom. The van der Waals surface area contributed by atoms with Crippen LogP contribution >= 0.6 is 11.3 Å². The summed E-state index contributed by atoms with van der Waals surface area (Å²) in [5, 5.41) is 17.0. The van der Waals surface area contributed by atoms with Gasteiger partial charge < -0.3 is 14.3 Å². The number of ether oxygens (including phenoxy) is 1. The Labute approximate surface area is 173 Å². The molecule has 0 atom stereocenters. The summed E-state index contributed by atoms with van der Waals surface area (Å²) in [5.41, 5.74) is 1.46. The molecular weight excluding hydrogens is 386 g/mol. The number of hydrogen-bond donors (Lipinski definition) is 1. The molecule has 2 aromatic heterocycles. The standard InChI is InChI=1S/C22H25N3O3S/c1-2-27-18-11-10-16(20(26)13-18)14-23-25-19(21-9-6-12-28-21)15-29-22(25)24-17-7-4-3-5-8-17/h6,9-15,17,26H,2-5,7-8H2,1H3. The molecule has 1 aliphatic rings. The van der Waals surface area contributed by atoms with Gasteiger partial charge >= 0.3 is 0 Å². The molecule has 0 radical (unpaired) electrons. The van der Waals surface area contributed by atoms with Crippen LogP contribution in [0.2, 0.25) is 0 Å². The van der Waals surface area contributed by atoms with Gasteiger partial charge in [0.25, 0.3) is 0 Å². The highest BCUT2D eigenvalue weighted by Gasteiger charge is 2.15. The number of furan rings is 1. The number of phenolic OH excluding ortho intramolecular Hbond substituents is 1. The lowest BCUT2D eigenvalue weighted by molar-refractivity contribution is 0.337. The predicted octanol–water partition coefficient (Wildman–Crippen LogP) is 5.03. The Morgan fingerprint density at radius 1 is 1.28 bits per heavy atom. The highest BCUT2D eigenvalue weighted by atomic mass is 32.1. The second kappa shape index (κ2) is 9.13. The van der Waals surface area contributed by atoms with Crippen LogP contribution in [0.1, 0.15) is 44.6 Å². The predicted molar refractivity (Wildman–Crippen MR) is 115 cm³/mol. The Kier molecular flexibility index (Phi) is 6.14. The van der Waals surface area contributed by atoms with Gasteiger partial charge in [0.1, 0.15) is 17.2 Å². The molecule has 1 saturated carbocycles. The average Bonchev–Trinajstić information content (AvgIpc) is 3.38. The van der Waals surface area contributed by atoms with Crippen LogP contribution in [0.3, 0.4) is 0 Å². The summed E-state index contributed by atoms with van der Waals surface area (Å²) in [6.07, 6.45) is 9.29. The Bertz CT molecular complexity index is 1030. The van der Waals surface area contributed by atoms with Crippen molar-refractivity contribution in [3.63, 3.8) is 0 Å². The lowest BCUT2D eigenvalue weighted by atomic mass is 9.96. The SMILES string of the molecule is CCOc1ccc(C=Nn2c(-c3ccco3)csc2=NC2CCCCC2)c(O)c1. The van der Waals surface area contributed by atoms with Gasteiger partial charge in [0, 0.05) is 17.0 Å². The molecule has 7 heteroatoms. The van der Waals surface area contributed by atoms with Gasteiger partial charge in [0.2, 0.25) is 4.80 Å². The van der Waals surface area contributed by atoms with Crippen LogP contribution < -0.4 is 9.54 Å². The normalized spacial score (nSPS) is 16.0. The molecule has 152 valence electrons. The summed E-state index contributed by atoms with van der Waals surface area (Å²) >= 11 is 1.56. The first-order valence-electron chi connectivity index (χ1n) is 10.0. The number of aromatic nitrogens is 1. The summed E-state index contributed by atoms with van der Waals surface area (Å²) in [6, 6.07) is 9.32. The number of aromatic hydroxyl groups is 1. The molecule has 6 nitrogen and oxygen atoms in total. The number of phenols is 1. The van der Waals surface area contributed by atoms with E-state index in [9.17, 15) is 5.11 Å². The third kappa shape index (κ3) is 4.62. The van der Waals surface area contributed by atoms with Crippen molar-refractivity contribution in [2.45, 2.75) is 45.1 Å². The highest BCUT2D eigenvalue weighted by molar-refractivity contribution is 7.07. The fourth-order valence-electron chi connectivity index (χ4n) is 3.47. The fourth-order valence-corrected chi connectivity index (χ4v) is 4.36. The van der Waals surface area contributed by atoms with Crippen molar-refractivity contribution >= 4 is 17.6 Å². The van der Waals surface area contributed by atoms with E-state index < -0.39 is 0 Å². The van der Waals surface area contributed by atoms with E-state index in [1.54, 1.807) is 40.6 Å². The maximum absolute atomic E-state index is 10.3. The zero-order chi connectivity index (χ0) is 20.1. The van der Waals surface area contributed by atoms with E-state index >= 15 is 0 Å². The Morgan fingerprint density at radius 3 is 2.86 bits per heavy atom. The van der Waals surface area contributed by atoms with Crippen LogP contribution in [0.4, 0.5) is 0 Å². The molecule has 3 aromatic rings. The lowest BCUT2D eigenvalue weighted by Crippen LogP contribution is -2.18. The third-order valence-corrected chi connectivity index (χ3v) is 5.78. The van der Waals surface area contributed by atoms with E-state index in [-0.39, 0.29) is 5.75 Å². The quantitative estimate of drug-likeness (QED) is 0.578. The van der Waals surface area contributed by atoms with E-state index in [0.29, 0.717) is 24.0 Å². The van der Waals surface area contributed by atoms with Gasteiger partial charge in [-0.25, -0.2) is 4.68 Å². The van der Waals surface area contributed by atoms with Crippen molar-refractivity contribution in [3.8, 4) is 23.0 Å². The summed E-state index contributed by atoms with van der Waals surface area (Å²) < 4.78 is 12.8. The number of hydrogen-bond acceptors (Lipinski definition) is 6. The Hall–Kier alpha value is -2.80. The van der Waals surface area contributed by atoms with Crippen LogP contribution in [0.15, 0.2) is 56.5 Å². The minimum absolute atomic E-state index is 0.126. The van der Waals surface area contributed by atoms with Crippen molar-refractivity contribution in [3.05, 3.63) is 52.3 Å². The number of benzene rings is 1. The van der Waals surface area contributed by atoms with Gasteiger partial charge in [-0.15, -0.1) is 11.3 Å².